The van der Waals surface area contributed by atoms with Crippen molar-refractivity contribution in [2.75, 3.05) is 6.54 Å². The molecule has 0 fully saturated rings. The van der Waals surface area contributed by atoms with Crippen molar-refractivity contribution in [1.29, 1.82) is 0 Å². The normalized spacial score (nSPS) is 12.0. The van der Waals surface area contributed by atoms with Gasteiger partial charge in [0.1, 0.15) is 5.69 Å². The number of aryl methyl sites for hydroxylation is 1. The van der Waals surface area contributed by atoms with Gasteiger partial charge in [-0.2, -0.15) is 0 Å². The molecule has 0 saturated carbocycles. The van der Waals surface area contributed by atoms with Gasteiger partial charge >= 0.3 is 0 Å². The molecule has 1 atom stereocenters. The molecule has 0 spiro atoms. The summed E-state index contributed by atoms with van der Waals surface area (Å²) >= 11 is 6.06. The predicted octanol–water partition coefficient (Wildman–Crippen LogP) is 2.44. The van der Waals surface area contributed by atoms with E-state index in [-0.39, 0.29) is 11.9 Å². The fourth-order valence-corrected chi connectivity index (χ4v) is 3.04. The molecule has 6 nitrogen and oxygen atoms in total. The molecule has 1 aromatic heterocycles. The third-order valence-electron chi connectivity index (χ3n) is 4.15. The minimum absolute atomic E-state index is 0.125. The Morgan fingerprint density at radius 3 is 2.46 bits per heavy atom. The van der Waals surface area contributed by atoms with Gasteiger partial charge in [0.05, 0.1) is 0 Å². The number of halogens is 1. The highest BCUT2D eigenvalue weighted by molar-refractivity contribution is 6.31. The number of carbonyl (C=O) groups excluding carboxylic acids is 1. The van der Waals surface area contributed by atoms with Crippen molar-refractivity contribution in [1.82, 2.24) is 20.3 Å². The van der Waals surface area contributed by atoms with E-state index in [1.54, 1.807) is 23.9 Å². The number of rotatable bonds is 6. The molecule has 3 aromatic rings. The lowest BCUT2D eigenvalue weighted by Gasteiger charge is -2.17. The highest BCUT2D eigenvalue weighted by Crippen LogP contribution is 2.25. The standard InChI is InChI=1S/C19H20ClN5O/c1-25-17(18(20)23-24-25)14-7-9-15(10-8-14)19(26)22-16(12-21)11-13-5-3-2-4-6-13/h2-10,16H,11-12,21H2,1H3,(H,22,26). The van der Waals surface area contributed by atoms with Crippen molar-refractivity contribution < 1.29 is 4.79 Å². The molecule has 0 aliphatic rings. The molecule has 1 unspecified atom stereocenters. The first kappa shape index (κ1) is 18.1. The van der Waals surface area contributed by atoms with Crippen LogP contribution >= 0.6 is 11.6 Å². The van der Waals surface area contributed by atoms with Gasteiger partial charge in [0.2, 0.25) is 0 Å². The molecule has 1 heterocycles. The van der Waals surface area contributed by atoms with Crippen LogP contribution in [0.25, 0.3) is 11.3 Å². The monoisotopic (exact) mass is 369 g/mol. The van der Waals surface area contributed by atoms with Gasteiger partial charge in [0, 0.05) is 30.8 Å². The molecule has 134 valence electrons. The third kappa shape index (κ3) is 4.09. The van der Waals surface area contributed by atoms with E-state index in [2.05, 4.69) is 15.6 Å². The lowest BCUT2D eigenvalue weighted by molar-refractivity contribution is 0.0938. The van der Waals surface area contributed by atoms with Crippen LogP contribution in [0.4, 0.5) is 0 Å². The van der Waals surface area contributed by atoms with Gasteiger partial charge < -0.3 is 11.1 Å². The van der Waals surface area contributed by atoms with Crippen LogP contribution < -0.4 is 11.1 Å². The van der Waals surface area contributed by atoms with E-state index in [1.165, 1.54) is 0 Å². The largest absolute Gasteiger partial charge is 0.348 e. The van der Waals surface area contributed by atoms with E-state index in [4.69, 9.17) is 17.3 Å². The van der Waals surface area contributed by atoms with Gasteiger partial charge in [0.25, 0.3) is 5.91 Å². The zero-order valence-corrected chi connectivity index (χ0v) is 15.1. The Morgan fingerprint density at radius 1 is 1.19 bits per heavy atom. The van der Waals surface area contributed by atoms with E-state index >= 15 is 0 Å². The van der Waals surface area contributed by atoms with E-state index < -0.39 is 0 Å². The van der Waals surface area contributed by atoms with Gasteiger partial charge in [-0.25, -0.2) is 4.68 Å². The Hall–Kier alpha value is -2.70. The van der Waals surface area contributed by atoms with Crippen LogP contribution in [0.2, 0.25) is 5.15 Å². The molecule has 2 aromatic carbocycles. The summed E-state index contributed by atoms with van der Waals surface area (Å²) < 4.78 is 1.60. The zero-order chi connectivity index (χ0) is 18.5. The maximum absolute atomic E-state index is 12.5. The van der Waals surface area contributed by atoms with Crippen LogP contribution in [0.15, 0.2) is 54.6 Å². The molecule has 26 heavy (non-hydrogen) atoms. The number of benzene rings is 2. The first-order valence-electron chi connectivity index (χ1n) is 8.29. The molecule has 3 rings (SSSR count). The number of hydrogen-bond acceptors (Lipinski definition) is 4. The Bertz CT molecular complexity index is 857. The van der Waals surface area contributed by atoms with Crippen LogP contribution in [0.1, 0.15) is 15.9 Å². The average molecular weight is 370 g/mol. The van der Waals surface area contributed by atoms with Crippen LogP contribution in [0, 0.1) is 0 Å². The van der Waals surface area contributed by atoms with Gasteiger partial charge in [-0.05, 0) is 24.1 Å². The maximum atomic E-state index is 12.5. The number of nitrogens with one attached hydrogen (secondary N) is 1. The number of amides is 1. The van der Waals surface area contributed by atoms with Crippen LogP contribution in [-0.2, 0) is 13.5 Å². The molecule has 0 aliphatic heterocycles. The minimum atomic E-state index is -0.155. The first-order chi connectivity index (χ1) is 12.6. The molecule has 0 saturated heterocycles. The number of nitrogens with two attached hydrogens (primary N) is 1. The second-order valence-electron chi connectivity index (χ2n) is 6.03. The second-order valence-corrected chi connectivity index (χ2v) is 6.38. The Morgan fingerprint density at radius 2 is 1.88 bits per heavy atom. The third-order valence-corrected chi connectivity index (χ3v) is 4.41. The van der Waals surface area contributed by atoms with Crippen molar-refractivity contribution in [3.05, 3.63) is 70.9 Å². The van der Waals surface area contributed by atoms with E-state index in [0.29, 0.717) is 29.4 Å². The highest BCUT2D eigenvalue weighted by Gasteiger charge is 2.15. The topological polar surface area (TPSA) is 85.8 Å². The quantitative estimate of drug-likeness (QED) is 0.698. The summed E-state index contributed by atoms with van der Waals surface area (Å²) in [5.74, 6) is -0.155. The number of aromatic nitrogens is 3. The summed E-state index contributed by atoms with van der Waals surface area (Å²) in [5.41, 5.74) is 9.08. The Kier molecular flexibility index (Phi) is 5.65. The maximum Gasteiger partial charge on any atom is 0.251 e. The summed E-state index contributed by atoms with van der Waals surface area (Å²) in [5, 5.41) is 11.0. The first-order valence-corrected chi connectivity index (χ1v) is 8.66. The lowest BCUT2D eigenvalue weighted by Crippen LogP contribution is -2.41. The smallest absolute Gasteiger partial charge is 0.251 e. The highest BCUT2D eigenvalue weighted by atomic mass is 35.5. The molecular formula is C19H20ClN5O. The molecular weight excluding hydrogens is 350 g/mol. The molecule has 0 aliphatic carbocycles. The van der Waals surface area contributed by atoms with Crippen molar-refractivity contribution in [2.24, 2.45) is 12.8 Å². The summed E-state index contributed by atoms with van der Waals surface area (Å²) in [7, 11) is 1.77. The van der Waals surface area contributed by atoms with E-state index in [0.717, 1.165) is 11.1 Å². The number of carbonyl (C=O) groups is 1. The molecule has 0 radical (unpaired) electrons. The SMILES string of the molecule is Cn1nnc(Cl)c1-c1ccc(C(=O)NC(CN)Cc2ccccc2)cc1. The second kappa shape index (κ2) is 8.12. The minimum Gasteiger partial charge on any atom is -0.348 e. The van der Waals surface area contributed by atoms with E-state index in [9.17, 15) is 4.79 Å². The van der Waals surface area contributed by atoms with Gasteiger partial charge in [-0.1, -0.05) is 59.3 Å². The van der Waals surface area contributed by atoms with Gasteiger partial charge in [-0.3, -0.25) is 4.79 Å². The fourth-order valence-electron chi connectivity index (χ4n) is 2.78. The Labute approximate surface area is 157 Å². The Balaban J connectivity index is 1.69. The predicted molar refractivity (Wildman–Crippen MR) is 102 cm³/mol. The molecule has 0 bridgehead atoms. The summed E-state index contributed by atoms with van der Waals surface area (Å²) in [6.07, 6.45) is 0.692. The van der Waals surface area contributed by atoms with E-state index in [1.807, 2.05) is 42.5 Å². The molecule has 7 heteroatoms. The van der Waals surface area contributed by atoms with Crippen molar-refractivity contribution in [3.8, 4) is 11.3 Å². The van der Waals surface area contributed by atoms with Crippen molar-refractivity contribution in [3.63, 3.8) is 0 Å². The lowest BCUT2D eigenvalue weighted by atomic mass is 10.0. The number of hydrogen-bond donors (Lipinski definition) is 2. The summed E-state index contributed by atoms with van der Waals surface area (Å²) in [4.78, 5) is 12.5. The van der Waals surface area contributed by atoms with Crippen LogP contribution in [0.5, 0.6) is 0 Å². The van der Waals surface area contributed by atoms with Gasteiger partial charge in [-0.15, -0.1) is 5.10 Å². The fraction of sp³-hybridized carbons (Fsp3) is 0.211. The zero-order valence-electron chi connectivity index (χ0n) is 14.4. The van der Waals surface area contributed by atoms with Crippen molar-refractivity contribution >= 4 is 17.5 Å². The van der Waals surface area contributed by atoms with Crippen molar-refractivity contribution in [2.45, 2.75) is 12.5 Å². The molecule has 1 amide bonds. The summed E-state index contributed by atoms with van der Waals surface area (Å²) in [6.45, 7) is 0.370. The average Bonchev–Trinajstić information content (AvgIpc) is 3.00. The van der Waals surface area contributed by atoms with Gasteiger partial charge in [0.15, 0.2) is 5.15 Å². The molecule has 3 N–H and O–H groups in total. The van der Waals surface area contributed by atoms with Crippen LogP contribution in [-0.4, -0.2) is 33.5 Å². The van der Waals surface area contributed by atoms with Crippen LogP contribution in [0.3, 0.4) is 0 Å². The number of nitrogens with zero attached hydrogens (tertiary/aromatic N) is 3. The summed E-state index contributed by atoms with van der Waals surface area (Å²) in [6, 6.07) is 17.0.